The summed E-state index contributed by atoms with van der Waals surface area (Å²) in [5, 5.41) is 3.12. The number of amides is 1. The number of anilines is 1. The van der Waals surface area contributed by atoms with E-state index >= 15 is 0 Å². The highest BCUT2D eigenvalue weighted by Crippen LogP contribution is 2.07. The summed E-state index contributed by atoms with van der Waals surface area (Å²) in [7, 11) is -1.49. The van der Waals surface area contributed by atoms with E-state index in [4.69, 9.17) is 0 Å². The molecule has 0 saturated carbocycles. The van der Waals surface area contributed by atoms with Crippen LogP contribution in [-0.2, 0) is 9.84 Å². The average Bonchev–Trinajstić information content (AvgIpc) is 2.41. The first-order valence-electron chi connectivity index (χ1n) is 6.46. The third kappa shape index (κ3) is 5.56. The minimum atomic E-state index is -3.07. The van der Waals surface area contributed by atoms with Crippen molar-refractivity contribution in [3.05, 3.63) is 23.9 Å². The van der Waals surface area contributed by atoms with Crippen LogP contribution in [0.25, 0.3) is 0 Å². The summed E-state index contributed by atoms with van der Waals surface area (Å²) in [6.07, 6.45) is 3.65. The van der Waals surface area contributed by atoms with Gasteiger partial charge in [-0.2, -0.15) is 0 Å². The molecule has 1 rings (SSSR count). The Balaban J connectivity index is 2.62. The molecule has 0 aliphatic rings. The van der Waals surface area contributed by atoms with Gasteiger partial charge < -0.3 is 10.2 Å². The lowest BCUT2D eigenvalue weighted by Gasteiger charge is -2.16. The summed E-state index contributed by atoms with van der Waals surface area (Å²) < 4.78 is 22.2. The zero-order chi connectivity index (χ0) is 15.2. The van der Waals surface area contributed by atoms with Crippen molar-refractivity contribution in [2.75, 3.05) is 37.5 Å². The van der Waals surface area contributed by atoms with E-state index in [0.717, 1.165) is 25.0 Å². The molecule has 7 heteroatoms. The molecule has 6 nitrogen and oxygen atoms in total. The molecule has 1 amide bonds. The van der Waals surface area contributed by atoms with E-state index in [0.29, 0.717) is 5.56 Å². The molecule has 112 valence electrons. The van der Waals surface area contributed by atoms with E-state index in [9.17, 15) is 13.2 Å². The van der Waals surface area contributed by atoms with Crippen LogP contribution in [0.2, 0.25) is 0 Å². The van der Waals surface area contributed by atoms with Crippen LogP contribution in [0.1, 0.15) is 23.7 Å². The molecular weight excluding hydrogens is 278 g/mol. The number of nitrogens with zero attached hydrogens (tertiary/aromatic N) is 2. The SMILES string of the molecule is CCCNc1ccc(C(=O)N(C)CCS(C)(=O)=O)cn1. The van der Waals surface area contributed by atoms with Crippen molar-refractivity contribution < 1.29 is 13.2 Å². The van der Waals surface area contributed by atoms with Gasteiger partial charge in [0.05, 0.1) is 11.3 Å². The van der Waals surface area contributed by atoms with Crippen LogP contribution in [0.4, 0.5) is 5.82 Å². The Bertz CT molecular complexity index is 540. The van der Waals surface area contributed by atoms with Crippen LogP contribution in [0.15, 0.2) is 18.3 Å². The van der Waals surface area contributed by atoms with E-state index in [2.05, 4.69) is 17.2 Å². The van der Waals surface area contributed by atoms with Crippen molar-refractivity contribution in [2.24, 2.45) is 0 Å². The fourth-order valence-corrected chi connectivity index (χ4v) is 2.11. The van der Waals surface area contributed by atoms with E-state index in [1.807, 2.05) is 0 Å². The van der Waals surface area contributed by atoms with Gasteiger partial charge in [-0.25, -0.2) is 13.4 Å². The van der Waals surface area contributed by atoms with Gasteiger partial charge in [0.1, 0.15) is 15.7 Å². The Kier molecular flexibility index (Phi) is 5.94. The first-order valence-corrected chi connectivity index (χ1v) is 8.52. The molecule has 1 N–H and O–H groups in total. The minimum Gasteiger partial charge on any atom is -0.370 e. The molecule has 0 saturated heterocycles. The number of aromatic nitrogens is 1. The average molecular weight is 299 g/mol. The van der Waals surface area contributed by atoms with E-state index in [1.165, 1.54) is 11.1 Å². The van der Waals surface area contributed by atoms with Crippen molar-refractivity contribution in [3.63, 3.8) is 0 Å². The van der Waals surface area contributed by atoms with Crippen molar-refractivity contribution in [3.8, 4) is 0 Å². The minimum absolute atomic E-state index is 0.0428. The number of hydrogen-bond donors (Lipinski definition) is 1. The van der Waals surface area contributed by atoms with Gasteiger partial charge in [0.15, 0.2) is 0 Å². The second-order valence-electron chi connectivity index (χ2n) is 4.72. The number of nitrogens with one attached hydrogen (secondary N) is 1. The van der Waals surface area contributed by atoms with Gasteiger partial charge in [0.25, 0.3) is 5.91 Å². The van der Waals surface area contributed by atoms with E-state index in [1.54, 1.807) is 19.2 Å². The van der Waals surface area contributed by atoms with Crippen LogP contribution in [0.5, 0.6) is 0 Å². The zero-order valence-electron chi connectivity index (χ0n) is 12.1. The molecule has 0 aliphatic heterocycles. The van der Waals surface area contributed by atoms with Gasteiger partial charge in [-0.1, -0.05) is 6.92 Å². The summed E-state index contributed by atoms with van der Waals surface area (Å²) in [4.78, 5) is 17.6. The molecule has 0 fully saturated rings. The molecule has 1 heterocycles. The second-order valence-corrected chi connectivity index (χ2v) is 6.98. The predicted molar refractivity (Wildman–Crippen MR) is 79.7 cm³/mol. The van der Waals surface area contributed by atoms with Crippen LogP contribution in [0, 0.1) is 0 Å². The molecule has 0 aliphatic carbocycles. The summed E-state index contributed by atoms with van der Waals surface area (Å²) in [6, 6.07) is 3.43. The Labute approximate surface area is 120 Å². The topological polar surface area (TPSA) is 79.4 Å². The number of sulfone groups is 1. The third-order valence-electron chi connectivity index (χ3n) is 2.71. The maximum Gasteiger partial charge on any atom is 0.255 e. The van der Waals surface area contributed by atoms with Gasteiger partial charge in [0.2, 0.25) is 0 Å². The molecule has 0 bridgehead atoms. The van der Waals surface area contributed by atoms with Crippen LogP contribution < -0.4 is 5.32 Å². The molecular formula is C13H21N3O3S. The lowest BCUT2D eigenvalue weighted by Crippen LogP contribution is -2.31. The third-order valence-corrected chi connectivity index (χ3v) is 3.63. The number of rotatable bonds is 7. The van der Waals surface area contributed by atoms with E-state index in [-0.39, 0.29) is 18.2 Å². The standard InChI is InChI=1S/C13H21N3O3S/c1-4-7-14-12-6-5-11(10-15-12)13(17)16(2)8-9-20(3,18)19/h5-6,10H,4,7-9H2,1-3H3,(H,14,15). The van der Waals surface area contributed by atoms with Crippen molar-refractivity contribution in [2.45, 2.75) is 13.3 Å². The molecule has 1 aromatic heterocycles. The van der Waals surface area contributed by atoms with Gasteiger partial charge in [-0.05, 0) is 18.6 Å². The first-order chi connectivity index (χ1) is 9.33. The maximum atomic E-state index is 12.1. The van der Waals surface area contributed by atoms with Gasteiger partial charge in [-0.15, -0.1) is 0 Å². The summed E-state index contributed by atoms with van der Waals surface area (Å²) in [6.45, 7) is 3.06. The van der Waals surface area contributed by atoms with Crippen molar-refractivity contribution in [1.29, 1.82) is 0 Å². The lowest BCUT2D eigenvalue weighted by atomic mass is 10.2. The number of carbonyl (C=O) groups excluding carboxylic acids is 1. The Hall–Kier alpha value is -1.63. The highest BCUT2D eigenvalue weighted by molar-refractivity contribution is 7.90. The van der Waals surface area contributed by atoms with Gasteiger partial charge >= 0.3 is 0 Å². The van der Waals surface area contributed by atoms with Crippen LogP contribution in [-0.4, -0.2) is 56.4 Å². The fraction of sp³-hybridized carbons (Fsp3) is 0.538. The molecule has 0 aromatic carbocycles. The normalized spacial score (nSPS) is 11.2. The van der Waals surface area contributed by atoms with Gasteiger partial charge in [0, 0.05) is 32.6 Å². The summed E-state index contributed by atoms with van der Waals surface area (Å²) in [5.41, 5.74) is 0.447. The molecule has 0 spiro atoms. The van der Waals surface area contributed by atoms with Crippen molar-refractivity contribution >= 4 is 21.6 Å². The number of pyridine rings is 1. The zero-order valence-corrected chi connectivity index (χ0v) is 12.9. The monoisotopic (exact) mass is 299 g/mol. The quantitative estimate of drug-likeness (QED) is 0.813. The molecule has 0 unspecified atom stereocenters. The maximum absolute atomic E-state index is 12.1. The molecule has 0 radical (unpaired) electrons. The number of hydrogen-bond acceptors (Lipinski definition) is 5. The summed E-state index contributed by atoms with van der Waals surface area (Å²) in [5.74, 6) is 0.448. The van der Waals surface area contributed by atoms with Crippen LogP contribution >= 0.6 is 0 Å². The summed E-state index contributed by atoms with van der Waals surface area (Å²) >= 11 is 0. The van der Waals surface area contributed by atoms with Crippen LogP contribution in [0.3, 0.4) is 0 Å². The highest BCUT2D eigenvalue weighted by Gasteiger charge is 2.14. The Morgan fingerprint density at radius 1 is 1.40 bits per heavy atom. The molecule has 20 heavy (non-hydrogen) atoms. The fourth-order valence-electron chi connectivity index (χ4n) is 1.50. The largest absolute Gasteiger partial charge is 0.370 e. The smallest absolute Gasteiger partial charge is 0.255 e. The van der Waals surface area contributed by atoms with Crippen molar-refractivity contribution in [1.82, 2.24) is 9.88 Å². The first kappa shape index (κ1) is 16.4. The molecule has 1 aromatic rings. The molecule has 0 atom stereocenters. The Morgan fingerprint density at radius 3 is 2.60 bits per heavy atom. The predicted octanol–water partition coefficient (Wildman–Crippen LogP) is 1.02. The lowest BCUT2D eigenvalue weighted by molar-refractivity contribution is 0.0803. The number of carbonyl (C=O) groups is 1. The van der Waals surface area contributed by atoms with E-state index < -0.39 is 9.84 Å². The van der Waals surface area contributed by atoms with Gasteiger partial charge in [-0.3, -0.25) is 4.79 Å². The Morgan fingerprint density at radius 2 is 2.10 bits per heavy atom. The highest BCUT2D eigenvalue weighted by atomic mass is 32.2. The second kappa shape index (κ2) is 7.23.